The Hall–Kier alpha value is -1.39. The quantitative estimate of drug-likeness (QED) is 0.810. The lowest BCUT2D eigenvalue weighted by Gasteiger charge is -2.29. The van der Waals surface area contributed by atoms with E-state index in [1.807, 2.05) is 30.3 Å². The zero-order chi connectivity index (χ0) is 15.1. The number of carbonyl (C=O) groups is 1. The van der Waals surface area contributed by atoms with Crippen LogP contribution < -0.4 is 10.6 Å². The second-order valence-electron chi connectivity index (χ2n) is 6.05. The molecule has 1 atom stereocenters. The highest BCUT2D eigenvalue weighted by molar-refractivity contribution is 5.90. The fraction of sp³-hybridized carbons (Fsp3) is 0.588. The third kappa shape index (κ3) is 5.48. The third-order valence-corrected chi connectivity index (χ3v) is 4.03. The molecule has 0 bridgehead atoms. The summed E-state index contributed by atoms with van der Waals surface area (Å²) >= 11 is 0. The molecule has 21 heavy (non-hydrogen) atoms. The molecular weight excluding hydrogens is 262 g/mol. The molecule has 1 heterocycles. The highest BCUT2D eigenvalue weighted by Crippen LogP contribution is 2.11. The van der Waals surface area contributed by atoms with Crippen LogP contribution in [0.1, 0.15) is 33.1 Å². The molecule has 116 valence electrons. The first-order valence-corrected chi connectivity index (χ1v) is 7.97. The molecule has 1 unspecified atom stereocenters. The summed E-state index contributed by atoms with van der Waals surface area (Å²) < 4.78 is 0. The van der Waals surface area contributed by atoms with Crippen molar-refractivity contribution in [2.45, 2.75) is 45.2 Å². The molecule has 1 amide bonds. The van der Waals surface area contributed by atoms with Crippen molar-refractivity contribution in [3.63, 3.8) is 0 Å². The van der Waals surface area contributed by atoms with Gasteiger partial charge in [-0.3, -0.25) is 9.69 Å². The highest BCUT2D eigenvalue weighted by Gasteiger charge is 2.20. The van der Waals surface area contributed by atoms with Crippen molar-refractivity contribution >= 4 is 11.6 Å². The van der Waals surface area contributed by atoms with Crippen molar-refractivity contribution in [2.24, 2.45) is 0 Å². The molecule has 1 aliphatic heterocycles. The second kappa shape index (κ2) is 8.15. The van der Waals surface area contributed by atoms with Gasteiger partial charge in [0.05, 0.1) is 0 Å². The number of anilines is 1. The number of para-hydroxylation sites is 1. The minimum Gasteiger partial charge on any atom is -0.326 e. The van der Waals surface area contributed by atoms with Crippen LogP contribution in [0.5, 0.6) is 0 Å². The van der Waals surface area contributed by atoms with Crippen LogP contribution in [0.25, 0.3) is 0 Å². The van der Waals surface area contributed by atoms with Crippen molar-refractivity contribution in [1.82, 2.24) is 10.2 Å². The Morgan fingerprint density at radius 3 is 2.76 bits per heavy atom. The van der Waals surface area contributed by atoms with Gasteiger partial charge in [0.15, 0.2) is 0 Å². The van der Waals surface area contributed by atoms with E-state index in [1.54, 1.807) is 0 Å². The van der Waals surface area contributed by atoms with Crippen LogP contribution in [0, 0.1) is 0 Å². The molecule has 1 fully saturated rings. The summed E-state index contributed by atoms with van der Waals surface area (Å²) in [5.74, 6) is 0.0891. The summed E-state index contributed by atoms with van der Waals surface area (Å²) in [5, 5.41) is 6.48. The topological polar surface area (TPSA) is 44.4 Å². The van der Waals surface area contributed by atoms with Gasteiger partial charge in [-0.15, -0.1) is 0 Å². The van der Waals surface area contributed by atoms with Crippen molar-refractivity contribution in [1.29, 1.82) is 0 Å². The molecule has 1 aromatic carbocycles. The first kappa shape index (κ1) is 16.0. The van der Waals surface area contributed by atoms with Gasteiger partial charge in [0.2, 0.25) is 5.91 Å². The monoisotopic (exact) mass is 289 g/mol. The van der Waals surface area contributed by atoms with Crippen molar-refractivity contribution in [3.05, 3.63) is 30.3 Å². The van der Waals surface area contributed by atoms with Gasteiger partial charge in [-0.1, -0.05) is 18.2 Å². The lowest BCUT2D eigenvalue weighted by molar-refractivity contribution is -0.116. The van der Waals surface area contributed by atoms with Crippen LogP contribution in [-0.4, -0.2) is 42.5 Å². The number of amides is 1. The Morgan fingerprint density at radius 2 is 2.14 bits per heavy atom. The molecule has 1 saturated heterocycles. The van der Waals surface area contributed by atoms with Gasteiger partial charge >= 0.3 is 0 Å². The largest absolute Gasteiger partial charge is 0.326 e. The van der Waals surface area contributed by atoms with Gasteiger partial charge in [0.25, 0.3) is 0 Å². The van der Waals surface area contributed by atoms with Crippen LogP contribution in [0.15, 0.2) is 30.3 Å². The van der Waals surface area contributed by atoms with Crippen LogP contribution in [0.4, 0.5) is 5.69 Å². The lowest BCUT2D eigenvalue weighted by Crippen LogP contribution is -2.42. The molecule has 4 heteroatoms. The molecule has 0 aliphatic carbocycles. The maximum Gasteiger partial charge on any atom is 0.225 e. The van der Waals surface area contributed by atoms with Crippen molar-refractivity contribution in [2.75, 3.05) is 25.0 Å². The van der Waals surface area contributed by atoms with Crippen LogP contribution in [-0.2, 0) is 4.79 Å². The van der Waals surface area contributed by atoms with E-state index in [-0.39, 0.29) is 5.91 Å². The Kier molecular flexibility index (Phi) is 6.21. The molecule has 4 nitrogen and oxygen atoms in total. The van der Waals surface area contributed by atoms with Gasteiger partial charge in [-0.25, -0.2) is 0 Å². The number of nitrogens with one attached hydrogen (secondary N) is 2. The average molecular weight is 289 g/mol. The number of carbonyl (C=O) groups excluding carboxylic acids is 1. The predicted octanol–water partition coefficient (Wildman–Crippen LogP) is 2.48. The Morgan fingerprint density at radius 1 is 1.38 bits per heavy atom. The van der Waals surface area contributed by atoms with E-state index in [9.17, 15) is 4.79 Å². The summed E-state index contributed by atoms with van der Waals surface area (Å²) in [7, 11) is 0. The normalized spacial score (nSPS) is 18.4. The van der Waals surface area contributed by atoms with Crippen LogP contribution in [0.2, 0.25) is 0 Å². The van der Waals surface area contributed by atoms with Gasteiger partial charge in [0.1, 0.15) is 0 Å². The predicted molar refractivity (Wildman–Crippen MR) is 87.4 cm³/mol. The first-order valence-electron chi connectivity index (χ1n) is 7.97. The smallest absolute Gasteiger partial charge is 0.225 e. The molecule has 1 aromatic rings. The second-order valence-corrected chi connectivity index (χ2v) is 6.05. The van der Waals surface area contributed by atoms with E-state index in [2.05, 4.69) is 29.4 Å². The molecule has 0 saturated carbocycles. The van der Waals surface area contributed by atoms with E-state index in [4.69, 9.17) is 0 Å². The zero-order valence-corrected chi connectivity index (χ0v) is 13.1. The van der Waals surface area contributed by atoms with Gasteiger partial charge in [-0.2, -0.15) is 0 Å². The number of benzene rings is 1. The van der Waals surface area contributed by atoms with E-state index < -0.39 is 0 Å². The number of hydrogen-bond acceptors (Lipinski definition) is 3. The Bertz CT molecular complexity index is 427. The van der Waals surface area contributed by atoms with Crippen LogP contribution >= 0.6 is 0 Å². The Balaban J connectivity index is 1.76. The van der Waals surface area contributed by atoms with E-state index in [1.165, 1.54) is 12.8 Å². The van der Waals surface area contributed by atoms with E-state index >= 15 is 0 Å². The summed E-state index contributed by atoms with van der Waals surface area (Å²) in [6.45, 7) is 7.38. The third-order valence-electron chi connectivity index (χ3n) is 4.03. The summed E-state index contributed by atoms with van der Waals surface area (Å²) in [4.78, 5) is 14.4. The summed E-state index contributed by atoms with van der Waals surface area (Å²) in [6.07, 6.45) is 3.06. The molecule has 2 rings (SSSR count). The van der Waals surface area contributed by atoms with Crippen LogP contribution in [0.3, 0.4) is 0 Å². The average Bonchev–Trinajstić information content (AvgIpc) is 2.97. The van der Waals surface area contributed by atoms with E-state index in [0.29, 0.717) is 18.5 Å². The Labute approximate surface area is 127 Å². The molecular formula is C17H27N3O. The molecule has 2 N–H and O–H groups in total. The maximum absolute atomic E-state index is 12.0. The fourth-order valence-electron chi connectivity index (χ4n) is 2.75. The van der Waals surface area contributed by atoms with Crippen molar-refractivity contribution in [3.8, 4) is 0 Å². The number of rotatable bonds is 7. The summed E-state index contributed by atoms with van der Waals surface area (Å²) in [6, 6.07) is 10.7. The maximum atomic E-state index is 12.0. The van der Waals surface area contributed by atoms with Gasteiger partial charge < -0.3 is 10.6 Å². The minimum absolute atomic E-state index is 0.0891. The standard InChI is InChI=1S/C17H27N3O/c1-14(2)20(13-16-9-6-11-18-16)12-10-17(21)19-15-7-4-3-5-8-15/h3-5,7-8,14,16,18H,6,9-13H2,1-2H3,(H,19,21). The lowest BCUT2D eigenvalue weighted by atomic mass is 10.2. The molecule has 1 aliphatic rings. The van der Waals surface area contributed by atoms with Crippen molar-refractivity contribution < 1.29 is 4.79 Å². The zero-order valence-electron chi connectivity index (χ0n) is 13.1. The minimum atomic E-state index is 0.0891. The number of nitrogens with zero attached hydrogens (tertiary/aromatic N) is 1. The van der Waals surface area contributed by atoms with E-state index in [0.717, 1.165) is 25.3 Å². The highest BCUT2D eigenvalue weighted by atomic mass is 16.1. The fourth-order valence-corrected chi connectivity index (χ4v) is 2.75. The molecule has 0 radical (unpaired) electrons. The SMILES string of the molecule is CC(C)N(CCC(=O)Nc1ccccc1)CC1CCCN1. The van der Waals surface area contributed by atoms with Gasteiger partial charge in [-0.05, 0) is 45.4 Å². The number of hydrogen-bond donors (Lipinski definition) is 2. The molecule has 0 spiro atoms. The first-order chi connectivity index (χ1) is 10.1. The molecule has 0 aromatic heterocycles. The summed E-state index contributed by atoms with van der Waals surface area (Å²) in [5.41, 5.74) is 0.871. The van der Waals surface area contributed by atoms with Gasteiger partial charge in [0, 0.05) is 37.3 Å².